The van der Waals surface area contributed by atoms with E-state index in [0.29, 0.717) is 12.0 Å². The third-order valence-electron chi connectivity index (χ3n) is 2.19. The second kappa shape index (κ2) is 5.16. The van der Waals surface area contributed by atoms with Crippen molar-refractivity contribution in [3.05, 3.63) is 0 Å². The quantitative estimate of drug-likeness (QED) is 0.664. The molecule has 66 valence electrons. The lowest BCUT2D eigenvalue weighted by Crippen LogP contribution is -2.36. The molecule has 11 heavy (non-hydrogen) atoms. The summed E-state index contributed by atoms with van der Waals surface area (Å²) in [4.78, 5) is 10.7. The maximum Gasteiger partial charge on any atom is 0.217 e. The van der Waals surface area contributed by atoms with Crippen LogP contribution in [0.3, 0.4) is 0 Å². The van der Waals surface area contributed by atoms with Crippen molar-refractivity contribution >= 4 is 5.91 Å². The molecule has 0 aliphatic heterocycles. The second-order valence-corrected chi connectivity index (χ2v) is 3.07. The molecule has 2 heteroatoms. The van der Waals surface area contributed by atoms with Gasteiger partial charge < -0.3 is 5.32 Å². The maximum absolute atomic E-state index is 10.7. The van der Waals surface area contributed by atoms with Crippen LogP contribution in [-0.4, -0.2) is 11.9 Å². The van der Waals surface area contributed by atoms with E-state index in [9.17, 15) is 4.79 Å². The Morgan fingerprint density at radius 3 is 2.09 bits per heavy atom. The Balaban J connectivity index is 3.78. The number of hydrogen-bond donors (Lipinski definition) is 1. The minimum absolute atomic E-state index is 0.0735. The van der Waals surface area contributed by atoms with E-state index < -0.39 is 0 Å². The van der Waals surface area contributed by atoms with Crippen molar-refractivity contribution in [3.8, 4) is 0 Å². The van der Waals surface area contributed by atoms with Crippen LogP contribution in [0.15, 0.2) is 0 Å². The first-order valence-corrected chi connectivity index (χ1v) is 4.38. The molecule has 1 amide bonds. The number of nitrogens with one attached hydrogen (secondary N) is 1. The van der Waals surface area contributed by atoms with Crippen LogP contribution in [0.5, 0.6) is 0 Å². The molecule has 0 aromatic rings. The number of carbonyl (C=O) groups excluding carboxylic acids is 1. The summed E-state index contributed by atoms with van der Waals surface area (Å²) in [6, 6.07) is 0.322. The predicted octanol–water partition coefficient (Wildman–Crippen LogP) is 1.95. The first-order chi connectivity index (χ1) is 5.11. The summed E-state index contributed by atoms with van der Waals surface area (Å²) < 4.78 is 0. The van der Waals surface area contributed by atoms with E-state index in [1.807, 2.05) is 0 Å². The molecular formula is C9H19NO. The fraction of sp³-hybridized carbons (Fsp3) is 0.889. The number of carbonyl (C=O) groups is 1. The van der Waals surface area contributed by atoms with Gasteiger partial charge in [-0.25, -0.2) is 0 Å². The van der Waals surface area contributed by atoms with E-state index in [4.69, 9.17) is 0 Å². The molecular weight excluding hydrogens is 138 g/mol. The molecule has 0 radical (unpaired) electrons. The zero-order valence-electron chi connectivity index (χ0n) is 7.98. The third-order valence-corrected chi connectivity index (χ3v) is 2.19. The minimum Gasteiger partial charge on any atom is -0.354 e. The molecule has 0 heterocycles. The molecule has 0 spiro atoms. The summed E-state index contributed by atoms with van der Waals surface area (Å²) in [5.41, 5.74) is 0. The van der Waals surface area contributed by atoms with Gasteiger partial charge in [-0.1, -0.05) is 26.7 Å². The molecule has 0 saturated heterocycles. The van der Waals surface area contributed by atoms with Gasteiger partial charge in [0.15, 0.2) is 0 Å². The van der Waals surface area contributed by atoms with Crippen LogP contribution in [-0.2, 0) is 4.79 Å². The Hall–Kier alpha value is -0.530. The Bertz CT molecular complexity index is 119. The van der Waals surface area contributed by atoms with Gasteiger partial charge in [0.05, 0.1) is 0 Å². The van der Waals surface area contributed by atoms with Crippen LogP contribution >= 0.6 is 0 Å². The molecule has 0 rings (SSSR count). The van der Waals surface area contributed by atoms with Gasteiger partial charge in [-0.15, -0.1) is 0 Å². The van der Waals surface area contributed by atoms with Crippen molar-refractivity contribution in [2.24, 2.45) is 5.92 Å². The van der Waals surface area contributed by atoms with Gasteiger partial charge in [-0.2, -0.15) is 0 Å². The van der Waals surface area contributed by atoms with Crippen molar-refractivity contribution in [1.29, 1.82) is 0 Å². The molecule has 0 aliphatic carbocycles. The van der Waals surface area contributed by atoms with Crippen molar-refractivity contribution < 1.29 is 4.79 Å². The Labute approximate surface area is 69.4 Å². The van der Waals surface area contributed by atoms with E-state index in [1.165, 1.54) is 0 Å². The predicted molar refractivity (Wildman–Crippen MR) is 47.4 cm³/mol. The highest BCUT2D eigenvalue weighted by atomic mass is 16.1. The number of rotatable bonds is 4. The fourth-order valence-corrected chi connectivity index (χ4v) is 1.43. The maximum atomic E-state index is 10.7. The summed E-state index contributed by atoms with van der Waals surface area (Å²) in [7, 11) is 0. The van der Waals surface area contributed by atoms with Crippen LogP contribution in [0.25, 0.3) is 0 Å². The molecule has 0 unspecified atom stereocenters. The van der Waals surface area contributed by atoms with Gasteiger partial charge in [0.2, 0.25) is 5.91 Å². The van der Waals surface area contributed by atoms with Crippen LogP contribution in [0.4, 0.5) is 0 Å². The van der Waals surface area contributed by atoms with Crippen LogP contribution < -0.4 is 5.32 Å². The Morgan fingerprint density at radius 2 is 1.82 bits per heavy atom. The Kier molecular flexibility index (Phi) is 4.92. The highest BCUT2D eigenvalue weighted by Gasteiger charge is 2.13. The van der Waals surface area contributed by atoms with Crippen molar-refractivity contribution in [1.82, 2.24) is 5.32 Å². The first-order valence-electron chi connectivity index (χ1n) is 4.38. The number of hydrogen-bond acceptors (Lipinski definition) is 1. The van der Waals surface area contributed by atoms with Gasteiger partial charge in [-0.3, -0.25) is 4.79 Å². The van der Waals surface area contributed by atoms with Crippen molar-refractivity contribution in [3.63, 3.8) is 0 Å². The first kappa shape index (κ1) is 10.5. The fourth-order valence-electron chi connectivity index (χ4n) is 1.43. The topological polar surface area (TPSA) is 29.1 Å². The summed E-state index contributed by atoms with van der Waals surface area (Å²) in [6.45, 7) is 7.96. The van der Waals surface area contributed by atoms with E-state index in [1.54, 1.807) is 6.92 Å². The molecule has 0 bridgehead atoms. The lowest BCUT2D eigenvalue weighted by molar-refractivity contribution is -0.119. The van der Waals surface area contributed by atoms with Crippen molar-refractivity contribution in [2.45, 2.75) is 46.6 Å². The molecule has 2 nitrogen and oxygen atoms in total. The summed E-state index contributed by atoms with van der Waals surface area (Å²) in [5.74, 6) is 0.698. The normalized spacial score (nSPS) is 13.2. The van der Waals surface area contributed by atoms with Gasteiger partial charge in [0.25, 0.3) is 0 Å². The van der Waals surface area contributed by atoms with Gasteiger partial charge >= 0.3 is 0 Å². The largest absolute Gasteiger partial charge is 0.354 e. The van der Waals surface area contributed by atoms with Crippen LogP contribution in [0.2, 0.25) is 0 Å². The highest BCUT2D eigenvalue weighted by Crippen LogP contribution is 2.11. The summed E-state index contributed by atoms with van der Waals surface area (Å²) in [5, 5.41) is 2.91. The molecule has 1 atom stereocenters. The van der Waals surface area contributed by atoms with E-state index in [2.05, 4.69) is 26.1 Å². The third kappa shape index (κ3) is 4.02. The van der Waals surface area contributed by atoms with Gasteiger partial charge in [0, 0.05) is 13.0 Å². The van der Waals surface area contributed by atoms with Crippen LogP contribution in [0.1, 0.15) is 40.5 Å². The second-order valence-electron chi connectivity index (χ2n) is 3.07. The SMILES string of the molecule is CCC(CC)[C@@H](C)NC(C)=O. The lowest BCUT2D eigenvalue weighted by Gasteiger charge is -2.21. The smallest absolute Gasteiger partial charge is 0.217 e. The van der Waals surface area contributed by atoms with Crippen LogP contribution in [0, 0.1) is 5.92 Å². The molecule has 0 aliphatic rings. The lowest BCUT2D eigenvalue weighted by atomic mass is 9.95. The monoisotopic (exact) mass is 157 g/mol. The average molecular weight is 157 g/mol. The van der Waals surface area contributed by atoms with E-state index >= 15 is 0 Å². The van der Waals surface area contributed by atoms with Gasteiger partial charge in [-0.05, 0) is 12.8 Å². The number of amides is 1. The Morgan fingerprint density at radius 1 is 1.36 bits per heavy atom. The van der Waals surface area contributed by atoms with E-state index in [0.717, 1.165) is 12.8 Å². The van der Waals surface area contributed by atoms with E-state index in [-0.39, 0.29) is 5.91 Å². The minimum atomic E-state index is 0.0735. The summed E-state index contributed by atoms with van der Waals surface area (Å²) >= 11 is 0. The van der Waals surface area contributed by atoms with Crippen molar-refractivity contribution in [2.75, 3.05) is 0 Å². The van der Waals surface area contributed by atoms with Gasteiger partial charge in [0.1, 0.15) is 0 Å². The zero-order chi connectivity index (χ0) is 8.85. The molecule has 0 fully saturated rings. The zero-order valence-corrected chi connectivity index (χ0v) is 7.98. The molecule has 0 aromatic heterocycles. The molecule has 0 aromatic carbocycles. The molecule has 1 N–H and O–H groups in total. The average Bonchev–Trinajstić information content (AvgIpc) is 1.88. The highest BCUT2D eigenvalue weighted by molar-refractivity contribution is 5.73. The standard InChI is InChI=1S/C9H19NO/c1-5-9(6-2)7(3)10-8(4)11/h7,9H,5-6H2,1-4H3,(H,10,11)/t7-/m1/s1. The molecule has 0 saturated carbocycles. The summed E-state index contributed by atoms with van der Waals surface area (Å²) in [6.07, 6.45) is 2.27.